The molecule has 84 valence electrons. The standard InChI is InChI=1S/C9H20N2O2S/c1-3-9(4-2)14(12,13)11-7-5-10-6-8-11/h9-10H,3-8H2,1-2H3. The minimum Gasteiger partial charge on any atom is -0.314 e. The predicted molar refractivity (Wildman–Crippen MR) is 57.7 cm³/mol. The van der Waals surface area contributed by atoms with E-state index >= 15 is 0 Å². The average Bonchev–Trinajstić information content (AvgIpc) is 2.20. The van der Waals surface area contributed by atoms with Gasteiger partial charge in [0.25, 0.3) is 0 Å². The number of hydrogen-bond acceptors (Lipinski definition) is 3. The molecule has 5 heteroatoms. The van der Waals surface area contributed by atoms with Gasteiger partial charge >= 0.3 is 0 Å². The Balaban J connectivity index is 2.71. The van der Waals surface area contributed by atoms with E-state index in [0.29, 0.717) is 25.9 Å². The summed E-state index contributed by atoms with van der Waals surface area (Å²) in [6.07, 6.45) is 1.42. The molecule has 1 aliphatic rings. The van der Waals surface area contributed by atoms with Crippen molar-refractivity contribution in [3.63, 3.8) is 0 Å². The third-order valence-electron chi connectivity index (χ3n) is 2.77. The van der Waals surface area contributed by atoms with E-state index in [-0.39, 0.29) is 5.25 Å². The van der Waals surface area contributed by atoms with Gasteiger partial charge in [-0.2, -0.15) is 4.31 Å². The van der Waals surface area contributed by atoms with Crippen molar-refractivity contribution in [3.8, 4) is 0 Å². The SMILES string of the molecule is CCC(CC)S(=O)(=O)N1CCNCC1. The topological polar surface area (TPSA) is 49.4 Å². The summed E-state index contributed by atoms with van der Waals surface area (Å²) in [5, 5.41) is 2.96. The fraction of sp³-hybridized carbons (Fsp3) is 1.00. The Morgan fingerprint density at radius 1 is 1.21 bits per heavy atom. The van der Waals surface area contributed by atoms with Gasteiger partial charge in [0, 0.05) is 26.2 Å². The van der Waals surface area contributed by atoms with Crippen LogP contribution in [0.5, 0.6) is 0 Å². The summed E-state index contributed by atoms with van der Waals surface area (Å²) in [6.45, 7) is 6.68. The maximum absolute atomic E-state index is 12.0. The summed E-state index contributed by atoms with van der Waals surface area (Å²) in [6, 6.07) is 0. The van der Waals surface area contributed by atoms with E-state index in [1.807, 2.05) is 13.8 Å². The predicted octanol–water partition coefficient (Wildman–Crippen LogP) is 0.410. The fourth-order valence-corrected chi connectivity index (χ4v) is 3.78. The van der Waals surface area contributed by atoms with Gasteiger partial charge in [-0.25, -0.2) is 8.42 Å². The summed E-state index contributed by atoms with van der Waals surface area (Å²) >= 11 is 0. The summed E-state index contributed by atoms with van der Waals surface area (Å²) in [5.74, 6) is 0. The van der Waals surface area contributed by atoms with Gasteiger partial charge in [0.15, 0.2) is 0 Å². The van der Waals surface area contributed by atoms with Gasteiger partial charge in [0.1, 0.15) is 0 Å². The van der Waals surface area contributed by atoms with Crippen LogP contribution in [-0.2, 0) is 10.0 Å². The third kappa shape index (κ3) is 2.46. The lowest BCUT2D eigenvalue weighted by atomic mass is 10.3. The van der Waals surface area contributed by atoms with Crippen LogP contribution in [0.25, 0.3) is 0 Å². The van der Waals surface area contributed by atoms with Gasteiger partial charge in [-0.3, -0.25) is 0 Å². The third-order valence-corrected chi connectivity index (χ3v) is 5.36. The van der Waals surface area contributed by atoms with Crippen molar-refractivity contribution in [2.24, 2.45) is 0 Å². The van der Waals surface area contributed by atoms with Crippen molar-refractivity contribution in [1.29, 1.82) is 0 Å². The highest BCUT2D eigenvalue weighted by atomic mass is 32.2. The number of piperazine rings is 1. The van der Waals surface area contributed by atoms with E-state index in [0.717, 1.165) is 13.1 Å². The van der Waals surface area contributed by atoms with Gasteiger partial charge in [-0.1, -0.05) is 13.8 Å². The molecule has 1 aliphatic heterocycles. The van der Waals surface area contributed by atoms with Crippen LogP contribution in [0, 0.1) is 0 Å². The highest BCUT2D eigenvalue weighted by molar-refractivity contribution is 7.89. The Morgan fingerprint density at radius 3 is 2.14 bits per heavy atom. The molecule has 0 aromatic carbocycles. The number of nitrogens with zero attached hydrogens (tertiary/aromatic N) is 1. The van der Waals surface area contributed by atoms with Gasteiger partial charge in [0.2, 0.25) is 10.0 Å². The Bertz CT molecular complexity index is 254. The molecule has 1 heterocycles. The molecule has 0 amide bonds. The molecule has 1 fully saturated rings. The van der Waals surface area contributed by atoms with Gasteiger partial charge < -0.3 is 5.32 Å². The van der Waals surface area contributed by atoms with Crippen molar-refractivity contribution in [1.82, 2.24) is 9.62 Å². The summed E-state index contributed by atoms with van der Waals surface area (Å²) < 4.78 is 25.7. The van der Waals surface area contributed by atoms with Crippen molar-refractivity contribution in [2.75, 3.05) is 26.2 Å². The Labute approximate surface area is 86.7 Å². The van der Waals surface area contributed by atoms with Gasteiger partial charge in [-0.15, -0.1) is 0 Å². The minimum absolute atomic E-state index is 0.194. The van der Waals surface area contributed by atoms with E-state index in [1.165, 1.54) is 0 Å². The fourth-order valence-electron chi connectivity index (χ4n) is 1.82. The molecule has 0 aromatic heterocycles. The first-order chi connectivity index (χ1) is 6.62. The molecule has 0 aliphatic carbocycles. The average molecular weight is 220 g/mol. The first kappa shape index (κ1) is 11.9. The summed E-state index contributed by atoms with van der Waals surface area (Å²) in [4.78, 5) is 0. The Kier molecular flexibility index (Phi) is 4.34. The molecule has 0 unspecified atom stereocenters. The van der Waals surface area contributed by atoms with Crippen LogP contribution in [0.3, 0.4) is 0 Å². The second-order valence-corrected chi connectivity index (χ2v) is 5.85. The normalized spacial score (nSPS) is 20.2. The van der Waals surface area contributed by atoms with E-state index in [9.17, 15) is 8.42 Å². The zero-order valence-corrected chi connectivity index (χ0v) is 9.81. The highest BCUT2D eigenvalue weighted by Crippen LogP contribution is 2.15. The Hall–Kier alpha value is -0.130. The monoisotopic (exact) mass is 220 g/mol. The number of rotatable bonds is 4. The minimum atomic E-state index is -3.03. The molecule has 0 atom stereocenters. The number of hydrogen-bond donors (Lipinski definition) is 1. The van der Waals surface area contributed by atoms with Crippen LogP contribution in [-0.4, -0.2) is 44.2 Å². The summed E-state index contributed by atoms with van der Waals surface area (Å²) in [7, 11) is -3.03. The first-order valence-electron chi connectivity index (χ1n) is 5.32. The molecule has 1 N–H and O–H groups in total. The van der Waals surface area contributed by atoms with Crippen LogP contribution < -0.4 is 5.32 Å². The smallest absolute Gasteiger partial charge is 0.217 e. The zero-order valence-electron chi connectivity index (χ0n) is 8.99. The van der Waals surface area contributed by atoms with E-state index in [1.54, 1.807) is 4.31 Å². The van der Waals surface area contributed by atoms with E-state index in [2.05, 4.69) is 5.32 Å². The maximum Gasteiger partial charge on any atom is 0.217 e. The van der Waals surface area contributed by atoms with E-state index < -0.39 is 10.0 Å². The van der Waals surface area contributed by atoms with Crippen LogP contribution in [0.1, 0.15) is 26.7 Å². The molecule has 0 bridgehead atoms. The molecule has 0 spiro atoms. The molecular formula is C9H20N2O2S. The molecule has 4 nitrogen and oxygen atoms in total. The number of nitrogens with one attached hydrogen (secondary N) is 1. The second-order valence-electron chi connectivity index (χ2n) is 3.63. The van der Waals surface area contributed by atoms with Crippen LogP contribution in [0.2, 0.25) is 0 Å². The molecule has 0 aromatic rings. The van der Waals surface area contributed by atoms with Crippen molar-refractivity contribution >= 4 is 10.0 Å². The molecule has 1 saturated heterocycles. The zero-order chi connectivity index (χ0) is 10.6. The lowest BCUT2D eigenvalue weighted by molar-refractivity contribution is 0.354. The highest BCUT2D eigenvalue weighted by Gasteiger charge is 2.30. The Morgan fingerprint density at radius 2 is 1.71 bits per heavy atom. The molecule has 14 heavy (non-hydrogen) atoms. The second kappa shape index (κ2) is 5.09. The summed E-state index contributed by atoms with van der Waals surface area (Å²) in [5.41, 5.74) is 0. The molecule has 1 rings (SSSR count). The lowest BCUT2D eigenvalue weighted by Crippen LogP contribution is -2.49. The van der Waals surface area contributed by atoms with Crippen molar-refractivity contribution in [3.05, 3.63) is 0 Å². The van der Waals surface area contributed by atoms with Gasteiger partial charge in [0.05, 0.1) is 5.25 Å². The van der Waals surface area contributed by atoms with Crippen LogP contribution >= 0.6 is 0 Å². The van der Waals surface area contributed by atoms with Crippen LogP contribution in [0.4, 0.5) is 0 Å². The van der Waals surface area contributed by atoms with Crippen molar-refractivity contribution in [2.45, 2.75) is 31.9 Å². The van der Waals surface area contributed by atoms with Gasteiger partial charge in [-0.05, 0) is 12.8 Å². The molecule has 0 saturated carbocycles. The first-order valence-corrected chi connectivity index (χ1v) is 6.83. The van der Waals surface area contributed by atoms with Crippen molar-refractivity contribution < 1.29 is 8.42 Å². The quantitative estimate of drug-likeness (QED) is 0.746. The molecule has 0 radical (unpaired) electrons. The number of sulfonamides is 1. The maximum atomic E-state index is 12.0. The molecular weight excluding hydrogens is 200 g/mol. The largest absolute Gasteiger partial charge is 0.314 e. The van der Waals surface area contributed by atoms with E-state index in [4.69, 9.17) is 0 Å². The van der Waals surface area contributed by atoms with Crippen LogP contribution in [0.15, 0.2) is 0 Å². The lowest BCUT2D eigenvalue weighted by Gasteiger charge is -2.29.